The SMILES string of the molecule is N/C(CNC1C2C3CCC(C3)C12)=N\O. The number of hydrogen-bond acceptors (Lipinski definition) is 3. The molecule has 0 aromatic rings. The number of oxime groups is 1. The van der Waals surface area contributed by atoms with E-state index in [9.17, 15) is 0 Å². The number of amidine groups is 1. The van der Waals surface area contributed by atoms with Crippen LogP contribution < -0.4 is 11.1 Å². The molecule has 4 unspecified atom stereocenters. The molecule has 3 aliphatic carbocycles. The van der Waals surface area contributed by atoms with Gasteiger partial charge in [-0.15, -0.1) is 0 Å². The molecule has 0 spiro atoms. The molecule has 0 heterocycles. The number of nitrogens with two attached hydrogens (primary N) is 1. The molecule has 4 nitrogen and oxygen atoms in total. The van der Waals surface area contributed by atoms with Gasteiger partial charge in [-0.25, -0.2) is 0 Å². The molecule has 2 bridgehead atoms. The minimum absolute atomic E-state index is 0.294. The van der Waals surface area contributed by atoms with Crippen LogP contribution in [0.3, 0.4) is 0 Å². The third kappa shape index (κ3) is 1.06. The van der Waals surface area contributed by atoms with Crippen molar-refractivity contribution in [2.75, 3.05) is 6.54 Å². The molecule has 0 amide bonds. The molecular formula is C10H17N3O. The van der Waals surface area contributed by atoms with E-state index >= 15 is 0 Å². The minimum atomic E-state index is 0.294. The summed E-state index contributed by atoms with van der Waals surface area (Å²) in [5.41, 5.74) is 5.42. The summed E-state index contributed by atoms with van der Waals surface area (Å²) in [5.74, 6) is 4.09. The molecule has 3 rings (SSSR count). The molecule has 0 aromatic heterocycles. The van der Waals surface area contributed by atoms with Gasteiger partial charge in [0.05, 0.1) is 6.54 Å². The van der Waals surface area contributed by atoms with Crippen LogP contribution >= 0.6 is 0 Å². The summed E-state index contributed by atoms with van der Waals surface area (Å²) < 4.78 is 0. The molecule has 0 saturated heterocycles. The Kier molecular flexibility index (Phi) is 1.74. The van der Waals surface area contributed by atoms with Crippen LogP contribution in [-0.4, -0.2) is 23.6 Å². The molecule has 3 saturated carbocycles. The van der Waals surface area contributed by atoms with Crippen LogP contribution in [0.4, 0.5) is 0 Å². The van der Waals surface area contributed by atoms with Crippen LogP contribution in [0.25, 0.3) is 0 Å². The van der Waals surface area contributed by atoms with Crippen LogP contribution in [0.5, 0.6) is 0 Å². The second-order valence-electron chi connectivity index (χ2n) is 4.99. The maximum Gasteiger partial charge on any atom is 0.153 e. The van der Waals surface area contributed by atoms with Gasteiger partial charge in [0.25, 0.3) is 0 Å². The predicted molar refractivity (Wildman–Crippen MR) is 53.0 cm³/mol. The summed E-state index contributed by atoms with van der Waals surface area (Å²) in [7, 11) is 0. The van der Waals surface area contributed by atoms with Gasteiger partial charge in [0.1, 0.15) is 0 Å². The van der Waals surface area contributed by atoms with E-state index < -0.39 is 0 Å². The molecule has 78 valence electrons. The Morgan fingerprint density at radius 3 is 2.57 bits per heavy atom. The lowest BCUT2D eigenvalue weighted by Crippen LogP contribution is -2.33. The number of fused-ring (bicyclic) bond motifs is 5. The number of rotatable bonds is 3. The lowest BCUT2D eigenvalue weighted by atomic mass is 10.0. The van der Waals surface area contributed by atoms with Crippen molar-refractivity contribution < 1.29 is 5.21 Å². The first kappa shape index (κ1) is 8.53. The Hall–Kier alpha value is -0.770. The van der Waals surface area contributed by atoms with Crippen LogP contribution in [0.2, 0.25) is 0 Å². The van der Waals surface area contributed by atoms with Crippen molar-refractivity contribution in [2.45, 2.75) is 25.3 Å². The first-order valence-corrected chi connectivity index (χ1v) is 5.51. The van der Waals surface area contributed by atoms with Gasteiger partial charge in [0.2, 0.25) is 0 Å². The summed E-state index contributed by atoms with van der Waals surface area (Å²) in [6.07, 6.45) is 4.35. The van der Waals surface area contributed by atoms with E-state index in [2.05, 4.69) is 10.5 Å². The monoisotopic (exact) mass is 195 g/mol. The number of nitrogens with one attached hydrogen (secondary N) is 1. The maximum absolute atomic E-state index is 8.41. The van der Waals surface area contributed by atoms with Crippen molar-refractivity contribution in [2.24, 2.45) is 34.6 Å². The Labute approximate surface area is 83.5 Å². The highest BCUT2D eigenvalue weighted by molar-refractivity contribution is 5.81. The van der Waals surface area contributed by atoms with Crippen molar-refractivity contribution in [1.29, 1.82) is 0 Å². The van der Waals surface area contributed by atoms with Gasteiger partial charge in [0, 0.05) is 6.04 Å². The van der Waals surface area contributed by atoms with Gasteiger partial charge >= 0.3 is 0 Å². The molecule has 4 atom stereocenters. The zero-order valence-corrected chi connectivity index (χ0v) is 8.19. The summed E-state index contributed by atoms with van der Waals surface area (Å²) in [5, 5.41) is 14.8. The van der Waals surface area contributed by atoms with Crippen LogP contribution in [0.15, 0.2) is 5.16 Å². The van der Waals surface area contributed by atoms with Crippen molar-refractivity contribution in [3.63, 3.8) is 0 Å². The largest absolute Gasteiger partial charge is 0.409 e. The van der Waals surface area contributed by atoms with E-state index in [0.29, 0.717) is 18.4 Å². The lowest BCUT2D eigenvalue weighted by molar-refractivity contribution is 0.316. The van der Waals surface area contributed by atoms with E-state index in [1.54, 1.807) is 0 Å². The van der Waals surface area contributed by atoms with Gasteiger partial charge in [-0.2, -0.15) is 0 Å². The van der Waals surface area contributed by atoms with Gasteiger partial charge < -0.3 is 16.3 Å². The maximum atomic E-state index is 8.41. The fourth-order valence-electron chi connectivity index (χ4n) is 3.86. The molecular weight excluding hydrogens is 178 g/mol. The summed E-state index contributed by atoms with van der Waals surface area (Å²) >= 11 is 0. The lowest BCUT2D eigenvalue weighted by Gasteiger charge is -2.09. The fourth-order valence-corrected chi connectivity index (χ4v) is 3.86. The molecule has 3 aliphatic rings. The smallest absolute Gasteiger partial charge is 0.153 e. The first-order chi connectivity index (χ1) is 6.81. The summed E-state index contributed by atoms with van der Waals surface area (Å²) in [6.45, 7) is 0.535. The zero-order valence-electron chi connectivity index (χ0n) is 8.19. The predicted octanol–water partition coefficient (Wildman–Crippen LogP) is 0.367. The van der Waals surface area contributed by atoms with Crippen molar-refractivity contribution >= 4 is 5.84 Å². The standard InChI is InChI=1S/C10H17N3O/c11-7(13-14)4-12-10-8-5-1-2-6(3-5)9(8)10/h5-6,8-10,12,14H,1-4H2,(H2,11,13). The van der Waals surface area contributed by atoms with Crippen molar-refractivity contribution in [3.05, 3.63) is 0 Å². The van der Waals surface area contributed by atoms with Crippen LogP contribution in [0.1, 0.15) is 19.3 Å². The topological polar surface area (TPSA) is 70.6 Å². The molecule has 4 heteroatoms. The van der Waals surface area contributed by atoms with E-state index in [0.717, 1.165) is 23.7 Å². The summed E-state index contributed by atoms with van der Waals surface area (Å²) in [4.78, 5) is 0. The third-order valence-corrected chi connectivity index (χ3v) is 4.38. The summed E-state index contributed by atoms with van der Waals surface area (Å²) in [6, 6.07) is 0.668. The average Bonchev–Trinajstić information content (AvgIpc) is 2.60. The van der Waals surface area contributed by atoms with Crippen LogP contribution in [0, 0.1) is 23.7 Å². The molecule has 0 aromatic carbocycles. The highest BCUT2D eigenvalue weighted by atomic mass is 16.4. The number of nitrogens with zero attached hydrogens (tertiary/aromatic N) is 1. The van der Waals surface area contributed by atoms with Gasteiger partial charge in [-0.05, 0) is 42.9 Å². The quantitative estimate of drug-likeness (QED) is 0.264. The Bertz CT molecular complexity index is 263. The molecule has 3 fully saturated rings. The normalized spacial score (nSPS) is 49.4. The molecule has 14 heavy (non-hydrogen) atoms. The van der Waals surface area contributed by atoms with Gasteiger partial charge in [-0.1, -0.05) is 5.16 Å². The average molecular weight is 195 g/mol. The van der Waals surface area contributed by atoms with Crippen LogP contribution in [-0.2, 0) is 0 Å². The third-order valence-electron chi connectivity index (χ3n) is 4.38. The second-order valence-corrected chi connectivity index (χ2v) is 4.99. The zero-order chi connectivity index (χ0) is 9.71. The van der Waals surface area contributed by atoms with Crippen molar-refractivity contribution in [3.8, 4) is 0 Å². The molecule has 0 radical (unpaired) electrons. The molecule has 0 aliphatic heterocycles. The van der Waals surface area contributed by atoms with E-state index in [4.69, 9.17) is 10.9 Å². The Morgan fingerprint density at radius 1 is 1.36 bits per heavy atom. The Morgan fingerprint density at radius 2 is 2.00 bits per heavy atom. The second kappa shape index (κ2) is 2.86. The van der Waals surface area contributed by atoms with Gasteiger partial charge in [-0.3, -0.25) is 0 Å². The number of hydrogen-bond donors (Lipinski definition) is 3. The fraction of sp³-hybridized carbons (Fsp3) is 0.900. The Balaban J connectivity index is 1.54. The van der Waals surface area contributed by atoms with Gasteiger partial charge in [0.15, 0.2) is 5.84 Å². The first-order valence-electron chi connectivity index (χ1n) is 5.51. The minimum Gasteiger partial charge on any atom is -0.409 e. The van der Waals surface area contributed by atoms with E-state index in [1.165, 1.54) is 19.3 Å². The highest BCUT2D eigenvalue weighted by Gasteiger charge is 2.64. The van der Waals surface area contributed by atoms with E-state index in [1.807, 2.05) is 0 Å². The molecule has 4 N–H and O–H groups in total. The highest BCUT2D eigenvalue weighted by Crippen LogP contribution is 2.65. The van der Waals surface area contributed by atoms with Crippen molar-refractivity contribution in [1.82, 2.24) is 5.32 Å². The van der Waals surface area contributed by atoms with E-state index in [-0.39, 0.29) is 0 Å².